The molecule has 0 spiro atoms. The normalized spacial score (nSPS) is 12.1. The van der Waals surface area contributed by atoms with Crippen molar-refractivity contribution in [3.05, 3.63) is 89.5 Å². The van der Waals surface area contributed by atoms with Gasteiger partial charge in [-0.15, -0.1) is 0 Å². The van der Waals surface area contributed by atoms with Crippen molar-refractivity contribution in [1.82, 2.24) is 5.32 Å². The molecule has 0 aliphatic carbocycles. The summed E-state index contributed by atoms with van der Waals surface area (Å²) in [6, 6.07) is 20.7. The average Bonchev–Trinajstić information content (AvgIpc) is 2.82. The number of ether oxygens (including phenoxy) is 1. The van der Waals surface area contributed by atoms with Crippen LogP contribution in [0.25, 0.3) is 0 Å². The second kappa shape index (κ2) is 9.87. The molecule has 0 radical (unpaired) electrons. The maximum absolute atomic E-state index is 12.9. The third-order valence-electron chi connectivity index (χ3n) is 5.40. The van der Waals surface area contributed by atoms with Crippen molar-refractivity contribution in [3.63, 3.8) is 0 Å². The van der Waals surface area contributed by atoms with Gasteiger partial charge < -0.3 is 10.1 Å². The number of hydrogen-bond donors (Lipinski definition) is 1. The third-order valence-corrected chi connectivity index (χ3v) is 7.20. The Morgan fingerprint density at radius 1 is 0.969 bits per heavy atom. The fourth-order valence-corrected chi connectivity index (χ4v) is 4.52. The predicted molar refractivity (Wildman–Crippen MR) is 127 cm³/mol. The number of anilines is 1. The molecule has 7 heteroatoms. The lowest BCUT2D eigenvalue weighted by molar-refractivity contribution is 0.0935. The average molecular weight is 453 g/mol. The van der Waals surface area contributed by atoms with Crippen LogP contribution in [0.1, 0.15) is 40.9 Å². The number of aryl methyl sites for hydroxylation is 1. The molecule has 3 aromatic carbocycles. The van der Waals surface area contributed by atoms with Crippen LogP contribution in [0.5, 0.6) is 5.75 Å². The number of carbonyl (C=O) groups is 1. The van der Waals surface area contributed by atoms with Crippen molar-refractivity contribution in [1.29, 1.82) is 0 Å². The van der Waals surface area contributed by atoms with E-state index in [1.807, 2.05) is 38.1 Å². The van der Waals surface area contributed by atoms with Crippen molar-refractivity contribution in [2.45, 2.75) is 31.2 Å². The lowest BCUT2D eigenvalue weighted by atomic mass is 10.0. The molecule has 1 N–H and O–H groups in total. The Bertz CT molecular complexity index is 1160. The minimum atomic E-state index is -3.68. The smallest absolute Gasteiger partial charge is 0.264 e. The molecular formula is C25H28N2O4S. The molecule has 0 aromatic heterocycles. The van der Waals surface area contributed by atoms with Gasteiger partial charge in [-0.05, 0) is 67.4 Å². The molecule has 1 amide bonds. The summed E-state index contributed by atoms with van der Waals surface area (Å²) in [7, 11) is -0.571. The molecule has 0 aliphatic rings. The van der Waals surface area contributed by atoms with Crippen molar-refractivity contribution in [3.8, 4) is 5.75 Å². The molecule has 0 fully saturated rings. The molecule has 32 heavy (non-hydrogen) atoms. The fourth-order valence-electron chi connectivity index (χ4n) is 3.33. The highest BCUT2D eigenvalue weighted by Gasteiger charge is 2.21. The first-order valence-electron chi connectivity index (χ1n) is 10.4. The van der Waals surface area contributed by atoms with Gasteiger partial charge in [0.2, 0.25) is 0 Å². The highest BCUT2D eigenvalue weighted by molar-refractivity contribution is 7.92. The summed E-state index contributed by atoms with van der Waals surface area (Å²) in [6.45, 7) is 3.91. The zero-order chi connectivity index (χ0) is 23.3. The largest absolute Gasteiger partial charge is 0.497 e. The maximum atomic E-state index is 12.9. The molecule has 168 valence electrons. The highest BCUT2D eigenvalue weighted by Crippen LogP contribution is 2.24. The Kier molecular flexibility index (Phi) is 7.20. The number of carbonyl (C=O) groups excluding carboxylic acids is 1. The van der Waals surface area contributed by atoms with E-state index in [1.54, 1.807) is 55.6 Å². The summed E-state index contributed by atoms with van der Waals surface area (Å²) in [5, 5.41) is 3.04. The number of nitrogens with one attached hydrogen (secondary N) is 1. The molecule has 1 atom stereocenters. The second-order valence-corrected chi connectivity index (χ2v) is 9.51. The molecule has 3 aromatic rings. The minimum Gasteiger partial charge on any atom is -0.497 e. The van der Waals surface area contributed by atoms with Crippen molar-refractivity contribution in [2.75, 3.05) is 18.5 Å². The van der Waals surface area contributed by atoms with E-state index in [2.05, 4.69) is 5.32 Å². The van der Waals surface area contributed by atoms with Crippen LogP contribution in [-0.2, 0) is 10.0 Å². The number of amides is 1. The van der Waals surface area contributed by atoms with Crippen molar-refractivity contribution in [2.24, 2.45) is 0 Å². The molecular weight excluding hydrogens is 424 g/mol. The topological polar surface area (TPSA) is 75.7 Å². The van der Waals surface area contributed by atoms with Crippen LogP contribution < -0.4 is 14.4 Å². The highest BCUT2D eigenvalue weighted by atomic mass is 32.2. The number of hydrogen-bond acceptors (Lipinski definition) is 4. The monoisotopic (exact) mass is 452 g/mol. The Labute approximate surface area is 189 Å². The van der Waals surface area contributed by atoms with Crippen molar-refractivity contribution >= 4 is 21.6 Å². The van der Waals surface area contributed by atoms with E-state index in [9.17, 15) is 13.2 Å². The van der Waals surface area contributed by atoms with Gasteiger partial charge in [0.1, 0.15) is 5.75 Å². The number of benzene rings is 3. The fraction of sp³-hybridized carbons (Fsp3) is 0.240. The van der Waals surface area contributed by atoms with Crippen LogP contribution >= 0.6 is 0 Å². The number of sulfonamides is 1. The van der Waals surface area contributed by atoms with E-state index in [4.69, 9.17) is 4.74 Å². The number of nitrogens with zero attached hydrogens (tertiary/aromatic N) is 1. The van der Waals surface area contributed by atoms with Gasteiger partial charge in [0, 0.05) is 12.6 Å². The quantitative estimate of drug-likeness (QED) is 0.537. The first kappa shape index (κ1) is 23.3. The van der Waals surface area contributed by atoms with E-state index in [0.29, 0.717) is 11.3 Å². The molecule has 0 unspecified atom stereocenters. The molecule has 0 aliphatic heterocycles. The first-order chi connectivity index (χ1) is 15.3. The van der Waals surface area contributed by atoms with Crippen molar-refractivity contribution < 1.29 is 17.9 Å². The summed E-state index contributed by atoms with van der Waals surface area (Å²) in [5.41, 5.74) is 2.91. The van der Waals surface area contributed by atoms with E-state index in [0.717, 1.165) is 23.3 Å². The van der Waals surface area contributed by atoms with Gasteiger partial charge in [-0.25, -0.2) is 8.42 Å². The first-order valence-corrected chi connectivity index (χ1v) is 11.8. The Hall–Kier alpha value is -3.32. The maximum Gasteiger partial charge on any atom is 0.264 e. The summed E-state index contributed by atoms with van der Waals surface area (Å²) in [4.78, 5) is 13.0. The van der Waals surface area contributed by atoms with Crippen LogP contribution in [0.3, 0.4) is 0 Å². The molecule has 0 bridgehead atoms. The van der Waals surface area contributed by atoms with E-state index in [-0.39, 0.29) is 16.8 Å². The van der Waals surface area contributed by atoms with Crippen LogP contribution in [0.2, 0.25) is 0 Å². The van der Waals surface area contributed by atoms with Gasteiger partial charge in [0.15, 0.2) is 0 Å². The van der Waals surface area contributed by atoms with Crippen LogP contribution in [0.15, 0.2) is 77.7 Å². The van der Waals surface area contributed by atoms with Gasteiger partial charge >= 0.3 is 0 Å². The van der Waals surface area contributed by atoms with Gasteiger partial charge in [0.25, 0.3) is 15.9 Å². The molecule has 3 rings (SSSR count). The van der Waals surface area contributed by atoms with Gasteiger partial charge in [0.05, 0.1) is 23.7 Å². The zero-order valence-corrected chi connectivity index (χ0v) is 19.5. The van der Waals surface area contributed by atoms with E-state index < -0.39 is 10.0 Å². The molecule has 0 heterocycles. The van der Waals surface area contributed by atoms with E-state index in [1.165, 1.54) is 11.4 Å². The summed E-state index contributed by atoms with van der Waals surface area (Å²) in [6.07, 6.45) is 0.730. The summed E-state index contributed by atoms with van der Waals surface area (Å²) in [5.74, 6) is 0.540. The number of methoxy groups -OCH3 is 1. The van der Waals surface area contributed by atoms with Gasteiger partial charge in [-0.1, -0.05) is 36.8 Å². The third kappa shape index (κ3) is 5.11. The van der Waals surface area contributed by atoms with Gasteiger partial charge in [-0.2, -0.15) is 0 Å². The molecule has 0 saturated heterocycles. The summed E-state index contributed by atoms with van der Waals surface area (Å²) >= 11 is 0. The SMILES string of the molecule is CC[C@H](NC(=O)c1ccc(N(C)S(=O)(=O)c2ccc(C)cc2)cc1)c1ccc(OC)cc1. The Balaban J connectivity index is 1.73. The van der Waals surface area contributed by atoms with Crippen LogP contribution in [0, 0.1) is 6.92 Å². The lowest BCUT2D eigenvalue weighted by Gasteiger charge is -2.20. The summed E-state index contributed by atoms with van der Waals surface area (Å²) < 4.78 is 32.2. The van der Waals surface area contributed by atoms with Crippen LogP contribution in [-0.4, -0.2) is 28.5 Å². The van der Waals surface area contributed by atoms with E-state index >= 15 is 0 Å². The van der Waals surface area contributed by atoms with Crippen LogP contribution in [0.4, 0.5) is 5.69 Å². The lowest BCUT2D eigenvalue weighted by Crippen LogP contribution is -2.28. The minimum absolute atomic E-state index is 0.141. The molecule has 0 saturated carbocycles. The second-order valence-electron chi connectivity index (χ2n) is 7.54. The Morgan fingerprint density at radius 3 is 2.09 bits per heavy atom. The number of rotatable bonds is 8. The standard InChI is InChI=1S/C25H28N2O4S/c1-5-24(19-10-14-22(31-4)15-11-19)26-25(28)20-8-12-21(13-9-20)27(3)32(29,30)23-16-6-18(2)7-17-23/h6-17,24H,5H2,1-4H3,(H,26,28)/t24-/m0/s1. The van der Waals surface area contributed by atoms with Gasteiger partial charge in [-0.3, -0.25) is 9.10 Å². The Morgan fingerprint density at radius 2 is 1.56 bits per heavy atom. The zero-order valence-electron chi connectivity index (χ0n) is 18.7. The molecule has 6 nitrogen and oxygen atoms in total. The predicted octanol–water partition coefficient (Wildman–Crippen LogP) is 4.71.